The van der Waals surface area contributed by atoms with Crippen LogP contribution in [-0.2, 0) is 0 Å². The second-order valence-corrected chi connectivity index (χ2v) is 6.84. The molecule has 3 rings (SSSR count). The fraction of sp³-hybridized carbons (Fsp3) is 0.333. The van der Waals surface area contributed by atoms with Crippen molar-refractivity contribution >= 4 is 23.4 Å². The van der Waals surface area contributed by atoms with E-state index in [1.165, 1.54) is 0 Å². The number of carbonyl (C=O) groups excluding carboxylic acids is 2. The van der Waals surface area contributed by atoms with Crippen molar-refractivity contribution < 1.29 is 9.59 Å². The summed E-state index contributed by atoms with van der Waals surface area (Å²) in [5.74, 6) is -0.633. The second-order valence-electron chi connectivity index (χ2n) is 6.43. The molecule has 0 unspecified atom stereocenters. The number of aromatic nitrogens is 2. The molecule has 2 heterocycles. The SMILES string of the molecule is O=C(NC[C@@H]1CCCN(C(=O)c2c[nH]c(=O)[nH]c2=O)C1)c1ccccc1Cl. The first kappa shape index (κ1) is 18.9. The molecule has 3 N–H and O–H groups in total. The lowest BCUT2D eigenvalue weighted by molar-refractivity contribution is 0.0668. The van der Waals surface area contributed by atoms with Gasteiger partial charge in [0.15, 0.2) is 0 Å². The van der Waals surface area contributed by atoms with E-state index in [1.54, 1.807) is 29.2 Å². The maximum atomic E-state index is 12.6. The first-order valence-electron chi connectivity index (χ1n) is 8.59. The van der Waals surface area contributed by atoms with Crippen LogP contribution < -0.4 is 16.6 Å². The van der Waals surface area contributed by atoms with Gasteiger partial charge in [-0.05, 0) is 30.9 Å². The van der Waals surface area contributed by atoms with Gasteiger partial charge in [-0.25, -0.2) is 4.79 Å². The maximum Gasteiger partial charge on any atom is 0.325 e. The van der Waals surface area contributed by atoms with E-state index in [9.17, 15) is 19.2 Å². The molecular weight excluding hydrogens is 372 g/mol. The summed E-state index contributed by atoms with van der Waals surface area (Å²) in [5.41, 5.74) is -1.06. The number of carbonyl (C=O) groups is 2. The van der Waals surface area contributed by atoms with E-state index in [-0.39, 0.29) is 17.4 Å². The predicted octanol–water partition coefficient (Wildman–Crippen LogP) is 0.999. The minimum absolute atomic E-state index is 0.0657. The van der Waals surface area contributed by atoms with Crippen LogP contribution >= 0.6 is 11.6 Å². The Bertz CT molecular complexity index is 968. The van der Waals surface area contributed by atoms with Crippen LogP contribution in [0.1, 0.15) is 33.6 Å². The number of nitrogens with one attached hydrogen (secondary N) is 3. The zero-order valence-electron chi connectivity index (χ0n) is 14.5. The van der Waals surface area contributed by atoms with Gasteiger partial charge in [-0.15, -0.1) is 0 Å². The van der Waals surface area contributed by atoms with Gasteiger partial charge in [-0.3, -0.25) is 19.4 Å². The molecule has 2 amide bonds. The Labute approximate surface area is 159 Å². The van der Waals surface area contributed by atoms with E-state index in [2.05, 4.69) is 10.3 Å². The zero-order valence-corrected chi connectivity index (χ0v) is 15.2. The summed E-state index contributed by atoms with van der Waals surface area (Å²) < 4.78 is 0. The summed E-state index contributed by atoms with van der Waals surface area (Å²) in [6.45, 7) is 1.34. The van der Waals surface area contributed by atoms with Crippen LogP contribution in [0.15, 0.2) is 40.1 Å². The lowest BCUT2D eigenvalue weighted by Crippen LogP contribution is -2.45. The van der Waals surface area contributed by atoms with Gasteiger partial charge in [0.2, 0.25) is 0 Å². The van der Waals surface area contributed by atoms with E-state index in [0.29, 0.717) is 30.2 Å². The fourth-order valence-corrected chi connectivity index (χ4v) is 3.35. The van der Waals surface area contributed by atoms with E-state index in [0.717, 1.165) is 19.0 Å². The number of aromatic amines is 2. The summed E-state index contributed by atoms with van der Waals surface area (Å²) in [7, 11) is 0. The largest absolute Gasteiger partial charge is 0.352 e. The molecule has 1 fully saturated rings. The average Bonchev–Trinajstić information content (AvgIpc) is 2.66. The van der Waals surface area contributed by atoms with Crippen molar-refractivity contribution in [2.24, 2.45) is 5.92 Å². The van der Waals surface area contributed by atoms with Crippen LogP contribution in [0, 0.1) is 5.92 Å². The van der Waals surface area contributed by atoms with Crippen LogP contribution in [0.25, 0.3) is 0 Å². The number of rotatable bonds is 4. The molecule has 1 aromatic carbocycles. The highest BCUT2D eigenvalue weighted by Crippen LogP contribution is 2.18. The predicted molar refractivity (Wildman–Crippen MR) is 100 cm³/mol. The summed E-state index contributed by atoms with van der Waals surface area (Å²) in [6.07, 6.45) is 2.75. The van der Waals surface area contributed by atoms with Gasteiger partial charge in [-0.1, -0.05) is 23.7 Å². The molecule has 9 heteroatoms. The number of halogens is 1. The quantitative estimate of drug-likeness (QED) is 0.722. The molecule has 27 heavy (non-hydrogen) atoms. The minimum atomic E-state index is -0.710. The average molecular weight is 391 g/mol. The standard InChI is InChI=1S/C18H19ClN4O4/c19-14-6-2-1-5-12(14)15(24)20-8-11-4-3-7-23(10-11)17(26)13-9-21-18(27)22-16(13)25/h1-2,5-6,9,11H,3-4,7-8,10H2,(H,20,24)(H2,21,22,25,27)/t11-/m0/s1. The molecule has 1 aliphatic rings. The van der Waals surface area contributed by atoms with Crippen LogP contribution in [0.5, 0.6) is 0 Å². The van der Waals surface area contributed by atoms with Crippen LogP contribution in [0.2, 0.25) is 5.02 Å². The van der Waals surface area contributed by atoms with Gasteiger partial charge in [0, 0.05) is 25.8 Å². The highest BCUT2D eigenvalue weighted by Gasteiger charge is 2.26. The third-order valence-corrected chi connectivity index (χ3v) is 4.86. The smallest absolute Gasteiger partial charge is 0.325 e. The molecular formula is C18H19ClN4O4. The normalized spacial score (nSPS) is 16.8. The number of hydrogen-bond acceptors (Lipinski definition) is 4. The number of H-pyrrole nitrogens is 2. The Morgan fingerprint density at radius 2 is 2.00 bits per heavy atom. The third-order valence-electron chi connectivity index (χ3n) is 4.53. The first-order valence-corrected chi connectivity index (χ1v) is 8.97. The van der Waals surface area contributed by atoms with Crippen LogP contribution in [0.3, 0.4) is 0 Å². The number of likely N-dealkylation sites (tertiary alicyclic amines) is 1. The Morgan fingerprint density at radius 1 is 1.22 bits per heavy atom. The molecule has 1 aromatic heterocycles. The summed E-state index contributed by atoms with van der Waals surface area (Å²) in [4.78, 5) is 53.7. The zero-order chi connectivity index (χ0) is 19.4. The number of benzene rings is 1. The molecule has 2 aromatic rings. The molecule has 0 spiro atoms. The fourth-order valence-electron chi connectivity index (χ4n) is 3.13. The van der Waals surface area contributed by atoms with Crippen molar-refractivity contribution in [3.05, 3.63) is 67.4 Å². The Morgan fingerprint density at radius 3 is 2.74 bits per heavy atom. The molecule has 0 radical (unpaired) electrons. The highest BCUT2D eigenvalue weighted by molar-refractivity contribution is 6.33. The number of hydrogen-bond donors (Lipinski definition) is 3. The minimum Gasteiger partial charge on any atom is -0.352 e. The van der Waals surface area contributed by atoms with Gasteiger partial charge in [0.1, 0.15) is 5.56 Å². The molecule has 1 atom stereocenters. The van der Waals surface area contributed by atoms with Gasteiger partial charge >= 0.3 is 5.69 Å². The number of nitrogens with zero attached hydrogens (tertiary/aromatic N) is 1. The summed E-state index contributed by atoms with van der Waals surface area (Å²) in [5, 5.41) is 3.23. The lowest BCUT2D eigenvalue weighted by Gasteiger charge is -2.32. The van der Waals surface area contributed by atoms with E-state index in [1.807, 2.05) is 4.98 Å². The van der Waals surface area contributed by atoms with Crippen LogP contribution in [-0.4, -0.2) is 46.3 Å². The van der Waals surface area contributed by atoms with Crippen molar-refractivity contribution in [3.63, 3.8) is 0 Å². The van der Waals surface area contributed by atoms with E-state index < -0.39 is 17.2 Å². The van der Waals surface area contributed by atoms with Gasteiger partial charge in [0.05, 0.1) is 10.6 Å². The Hall–Kier alpha value is -2.87. The number of amides is 2. The third kappa shape index (κ3) is 4.46. The van der Waals surface area contributed by atoms with Crippen molar-refractivity contribution in [1.29, 1.82) is 0 Å². The van der Waals surface area contributed by atoms with Crippen LogP contribution in [0.4, 0.5) is 0 Å². The van der Waals surface area contributed by atoms with Crippen molar-refractivity contribution in [1.82, 2.24) is 20.2 Å². The number of piperidine rings is 1. The second kappa shape index (κ2) is 8.22. The molecule has 1 saturated heterocycles. The van der Waals surface area contributed by atoms with Crippen molar-refractivity contribution in [3.8, 4) is 0 Å². The lowest BCUT2D eigenvalue weighted by atomic mass is 9.97. The molecule has 0 bridgehead atoms. The van der Waals surface area contributed by atoms with Gasteiger partial charge in [-0.2, -0.15) is 0 Å². The molecule has 1 aliphatic heterocycles. The van der Waals surface area contributed by atoms with E-state index in [4.69, 9.17) is 11.6 Å². The van der Waals surface area contributed by atoms with Crippen molar-refractivity contribution in [2.75, 3.05) is 19.6 Å². The first-order chi connectivity index (χ1) is 13.0. The van der Waals surface area contributed by atoms with Gasteiger partial charge in [0.25, 0.3) is 17.4 Å². The molecule has 0 aliphatic carbocycles. The van der Waals surface area contributed by atoms with Crippen molar-refractivity contribution in [2.45, 2.75) is 12.8 Å². The molecule has 0 saturated carbocycles. The summed E-state index contributed by atoms with van der Waals surface area (Å²) >= 11 is 6.03. The Balaban J connectivity index is 1.61. The van der Waals surface area contributed by atoms with Gasteiger partial charge < -0.3 is 15.2 Å². The monoisotopic (exact) mass is 390 g/mol. The highest BCUT2D eigenvalue weighted by atomic mass is 35.5. The van der Waals surface area contributed by atoms with E-state index >= 15 is 0 Å². The Kier molecular flexibility index (Phi) is 5.75. The molecule has 142 valence electrons. The summed E-state index contributed by atoms with van der Waals surface area (Å²) in [6, 6.07) is 6.79. The maximum absolute atomic E-state index is 12.6. The molecule has 8 nitrogen and oxygen atoms in total. The topological polar surface area (TPSA) is 115 Å².